The van der Waals surface area contributed by atoms with Crippen LogP contribution in [-0.2, 0) is 32.9 Å². The second kappa shape index (κ2) is 28.3. The molecule has 3 atom stereocenters. The Balaban J connectivity index is 2.14. The highest BCUT2D eigenvalue weighted by Crippen LogP contribution is 2.36. The SMILES string of the molecule is CCCCCCCCCCCCC(=O)O[C@H](COC(=O)CCC/C=C\C/C=C\C/C=C\CC1OC1CCCCC)COP(=O)(O)O. The van der Waals surface area contributed by atoms with E-state index in [4.69, 9.17) is 24.0 Å². The predicted molar refractivity (Wildman–Crippen MR) is 183 cm³/mol. The maximum Gasteiger partial charge on any atom is 0.469 e. The third-order valence-electron chi connectivity index (χ3n) is 7.84. The average molecular weight is 671 g/mol. The Morgan fingerprint density at radius 3 is 1.91 bits per heavy atom. The lowest BCUT2D eigenvalue weighted by atomic mass is 10.1. The number of phosphoric acid groups is 1. The minimum Gasteiger partial charge on any atom is -0.462 e. The molecule has 0 aromatic heterocycles. The van der Waals surface area contributed by atoms with Gasteiger partial charge in [-0.15, -0.1) is 0 Å². The summed E-state index contributed by atoms with van der Waals surface area (Å²) in [5.74, 6) is -0.958. The van der Waals surface area contributed by atoms with Crippen LogP contribution in [0.1, 0.15) is 149 Å². The first-order valence-corrected chi connectivity index (χ1v) is 19.4. The molecular weight excluding hydrogens is 607 g/mol. The first-order valence-electron chi connectivity index (χ1n) is 17.9. The molecule has 1 rings (SSSR count). The molecular formula is C36H63O9P. The number of esters is 2. The lowest BCUT2D eigenvalue weighted by Crippen LogP contribution is -2.29. The fraction of sp³-hybridized carbons (Fsp3) is 0.778. The van der Waals surface area contributed by atoms with Crippen LogP contribution in [-0.4, -0.2) is 53.3 Å². The highest BCUT2D eigenvalue weighted by Gasteiger charge is 2.36. The van der Waals surface area contributed by atoms with Crippen LogP contribution in [0.15, 0.2) is 36.5 Å². The number of hydrogen-bond acceptors (Lipinski definition) is 7. The van der Waals surface area contributed by atoms with Gasteiger partial charge in [0.25, 0.3) is 0 Å². The molecule has 1 aliphatic rings. The van der Waals surface area contributed by atoms with Crippen molar-refractivity contribution < 1.29 is 42.7 Å². The Labute approximate surface area is 278 Å². The van der Waals surface area contributed by atoms with Gasteiger partial charge in [0.2, 0.25) is 0 Å². The number of ether oxygens (including phenoxy) is 3. The summed E-state index contributed by atoms with van der Waals surface area (Å²) in [4.78, 5) is 42.5. The van der Waals surface area contributed by atoms with Crippen molar-refractivity contribution in [3.63, 3.8) is 0 Å². The van der Waals surface area contributed by atoms with Crippen molar-refractivity contribution in [2.75, 3.05) is 13.2 Å². The third-order valence-corrected chi connectivity index (χ3v) is 8.32. The lowest BCUT2D eigenvalue weighted by Gasteiger charge is -2.18. The number of carbonyl (C=O) groups is 2. The van der Waals surface area contributed by atoms with E-state index in [0.717, 1.165) is 44.9 Å². The van der Waals surface area contributed by atoms with Crippen LogP contribution >= 0.6 is 7.82 Å². The normalized spacial score (nSPS) is 17.3. The van der Waals surface area contributed by atoms with Gasteiger partial charge in [-0.1, -0.05) is 127 Å². The topological polar surface area (TPSA) is 132 Å². The molecule has 2 N–H and O–H groups in total. The van der Waals surface area contributed by atoms with Gasteiger partial charge in [-0.25, -0.2) is 4.57 Å². The first-order chi connectivity index (χ1) is 22.2. The number of unbranched alkanes of at least 4 members (excludes halogenated alkanes) is 12. The van der Waals surface area contributed by atoms with E-state index in [1.54, 1.807) is 0 Å². The van der Waals surface area contributed by atoms with Gasteiger partial charge >= 0.3 is 19.8 Å². The Morgan fingerprint density at radius 2 is 1.26 bits per heavy atom. The minimum absolute atomic E-state index is 0.188. The molecule has 1 heterocycles. The molecule has 10 heteroatoms. The van der Waals surface area contributed by atoms with Crippen molar-refractivity contribution in [2.24, 2.45) is 0 Å². The van der Waals surface area contributed by atoms with Crippen LogP contribution in [0.4, 0.5) is 0 Å². The Bertz CT molecular complexity index is 911. The van der Waals surface area contributed by atoms with Crippen molar-refractivity contribution in [1.82, 2.24) is 0 Å². The van der Waals surface area contributed by atoms with E-state index in [1.807, 2.05) is 6.08 Å². The van der Waals surface area contributed by atoms with Gasteiger partial charge in [-0.3, -0.25) is 14.1 Å². The van der Waals surface area contributed by atoms with Crippen molar-refractivity contribution in [1.29, 1.82) is 0 Å². The summed E-state index contributed by atoms with van der Waals surface area (Å²) in [6, 6.07) is 0. The smallest absolute Gasteiger partial charge is 0.462 e. The lowest BCUT2D eigenvalue weighted by molar-refractivity contribution is -0.161. The van der Waals surface area contributed by atoms with E-state index >= 15 is 0 Å². The molecule has 0 radical (unpaired) electrons. The highest BCUT2D eigenvalue weighted by atomic mass is 31.2. The zero-order chi connectivity index (χ0) is 33.7. The fourth-order valence-corrected chi connectivity index (χ4v) is 5.41. The van der Waals surface area contributed by atoms with Gasteiger partial charge in [0.15, 0.2) is 6.10 Å². The second-order valence-electron chi connectivity index (χ2n) is 12.2. The van der Waals surface area contributed by atoms with Crippen LogP contribution in [0.3, 0.4) is 0 Å². The van der Waals surface area contributed by atoms with Crippen molar-refractivity contribution in [2.45, 2.75) is 167 Å². The summed E-state index contributed by atoms with van der Waals surface area (Å²) in [6.45, 7) is 3.56. The monoisotopic (exact) mass is 670 g/mol. The molecule has 0 aromatic carbocycles. The predicted octanol–water partition coefficient (Wildman–Crippen LogP) is 9.22. The zero-order valence-corrected chi connectivity index (χ0v) is 29.6. The van der Waals surface area contributed by atoms with Gasteiger partial charge in [-0.2, -0.15) is 0 Å². The summed E-state index contributed by atoms with van der Waals surface area (Å²) in [5.41, 5.74) is 0. The molecule has 0 amide bonds. The van der Waals surface area contributed by atoms with Crippen LogP contribution in [0.5, 0.6) is 0 Å². The summed E-state index contributed by atoms with van der Waals surface area (Å²) in [6.07, 6.45) is 33.4. The molecule has 9 nitrogen and oxygen atoms in total. The standard InChI is InChI=1S/C36H63O9P/c1-3-5-7-8-9-10-14-18-21-25-29-36(38)44-32(31-43-46(39,40)41)30-42-35(37)28-24-20-17-15-12-11-13-16-19-23-27-34-33(45-34)26-22-6-4-2/h11,13,15,17,19,23,32-34H,3-10,12,14,16,18,20-22,24-31H2,1-2H3,(H2,39,40,41)/b13-11-,17-15-,23-19-/t32-,33?,34?/m1/s1. The van der Waals surface area contributed by atoms with Gasteiger partial charge in [0, 0.05) is 12.8 Å². The molecule has 266 valence electrons. The maximum absolute atomic E-state index is 12.3. The second-order valence-corrected chi connectivity index (χ2v) is 13.5. The van der Waals surface area contributed by atoms with Crippen molar-refractivity contribution in [3.05, 3.63) is 36.5 Å². The quantitative estimate of drug-likeness (QED) is 0.0244. The number of phosphoric ester groups is 1. The van der Waals surface area contributed by atoms with Crippen LogP contribution in [0, 0.1) is 0 Å². The van der Waals surface area contributed by atoms with E-state index in [2.05, 4.69) is 48.8 Å². The van der Waals surface area contributed by atoms with Crippen LogP contribution in [0.2, 0.25) is 0 Å². The molecule has 1 aliphatic heterocycles. The summed E-state index contributed by atoms with van der Waals surface area (Å²) in [5, 5.41) is 0. The summed E-state index contributed by atoms with van der Waals surface area (Å²) >= 11 is 0. The van der Waals surface area contributed by atoms with Crippen molar-refractivity contribution >= 4 is 19.8 Å². The van der Waals surface area contributed by atoms with Crippen LogP contribution < -0.4 is 0 Å². The number of carbonyl (C=O) groups excluding carboxylic acids is 2. The van der Waals surface area contributed by atoms with Crippen LogP contribution in [0.25, 0.3) is 0 Å². The number of hydrogen-bond donors (Lipinski definition) is 2. The summed E-state index contributed by atoms with van der Waals surface area (Å²) < 4.78 is 31.9. The number of rotatable bonds is 31. The summed E-state index contributed by atoms with van der Waals surface area (Å²) in [7, 11) is -4.76. The first kappa shape index (κ1) is 42.3. The van der Waals surface area contributed by atoms with E-state index in [1.165, 1.54) is 64.2 Å². The number of epoxide rings is 1. The van der Waals surface area contributed by atoms with E-state index in [0.29, 0.717) is 25.0 Å². The molecule has 1 fully saturated rings. The molecule has 2 unspecified atom stereocenters. The van der Waals surface area contributed by atoms with E-state index in [-0.39, 0.29) is 19.4 Å². The van der Waals surface area contributed by atoms with E-state index in [9.17, 15) is 14.2 Å². The Hall–Kier alpha value is -1.77. The molecule has 0 aromatic rings. The van der Waals surface area contributed by atoms with Gasteiger partial charge in [-0.05, 0) is 44.9 Å². The number of allylic oxidation sites excluding steroid dienone is 5. The molecule has 1 saturated heterocycles. The highest BCUT2D eigenvalue weighted by molar-refractivity contribution is 7.46. The van der Waals surface area contributed by atoms with E-state index < -0.39 is 32.5 Å². The molecule has 0 spiro atoms. The Kier molecular flexibility index (Phi) is 26.0. The van der Waals surface area contributed by atoms with Crippen molar-refractivity contribution in [3.8, 4) is 0 Å². The van der Waals surface area contributed by atoms with Gasteiger partial charge in [0.1, 0.15) is 6.61 Å². The molecule has 0 bridgehead atoms. The largest absolute Gasteiger partial charge is 0.469 e. The molecule has 0 saturated carbocycles. The fourth-order valence-electron chi connectivity index (χ4n) is 5.05. The third kappa shape index (κ3) is 27.4. The van der Waals surface area contributed by atoms with Gasteiger partial charge in [0.05, 0.1) is 18.8 Å². The minimum atomic E-state index is -4.76. The maximum atomic E-state index is 12.3. The molecule has 0 aliphatic carbocycles. The average Bonchev–Trinajstić information content (AvgIpc) is 3.77. The zero-order valence-electron chi connectivity index (χ0n) is 28.7. The van der Waals surface area contributed by atoms with Gasteiger partial charge < -0.3 is 24.0 Å². The molecule has 46 heavy (non-hydrogen) atoms. The Morgan fingerprint density at radius 1 is 0.696 bits per heavy atom.